The van der Waals surface area contributed by atoms with E-state index in [2.05, 4.69) is 204 Å². The van der Waals surface area contributed by atoms with Gasteiger partial charge >= 0.3 is 0 Å². The maximum atomic E-state index is 6.34. The summed E-state index contributed by atoms with van der Waals surface area (Å²) < 4.78 is 8.76. The molecule has 3 heteroatoms. The summed E-state index contributed by atoms with van der Waals surface area (Å²) in [6.07, 6.45) is 0. The fourth-order valence-electron chi connectivity index (χ4n) is 8.50. The van der Waals surface area contributed by atoms with E-state index < -0.39 is 0 Å². The lowest BCUT2D eigenvalue weighted by Gasteiger charge is -2.29. The molecule has 258 valence electrons. The lowest BCUT2D eigenvalue weighted by Crippen LogP contribution is -2.12. The first kappa shape index (κ1) is 31.2. The molecule has 0 spiro atoms. The van der Waals surface area contributed by atoms with Crippen LogP contribution in [-0.2, 0) is 0 Å². The Morgan fingerprint density at radius 2 is 1.02 bits per heavy atom. The van der Waals surface area contributed by atoms with Crippen LogP contribution < -0.4 is 4.90 Å². The van der Waals surface area contributed by atoms with Gasteiger partial charge in [-0.1, -0.05) is 146 Å². The van der Waals surface area contributed by atoms with Crippen LogP contribution in [-0.4, -0.2) is 4.57 Å². The molecule has 11 rings (SSSR count). The van der Waals surface area contributed by atoms with Gasteiger partial charge in [-0.05, 0) is 88.1 Å². The monoisotopic (exact) mass is 702 g/mol. The molecular weight excluding hydrogens is 669 g/mol. The Morgan fingerprint density at radius 1 is 0.382 bits per heavy atom. The number of para-hydroxylation sites is 5. The van der Waals surface area contributed by atoms with Crippen LogP contribution in [0.3, 0.4) is 0 Å². The highest BCUT2D eigenvalue weighted by atomic mass is 16.3. The molecule has 0 N–H and O–H groups in total. The molecule has 0 saturated carbocycles. The second kappa shape index (κ2) is 12.6. The highest BCUT2D eigenvalue weighted by Crippen LogP contribution is 2.46. The molecule has 0 bridgehead atoms. The molecule has 2 aromatic heterocycles. The van der Waals surface area contributed by atoms with Crippen LogP contribution in [0.25, 0.3) is 82.5 Å². The first-order chi connectivity index (χ1) is 27.3. The molecule has 0 saturated heterocycles. The Kier molecular flexibility index (Phi) is 7.17. The predicted octanol–water partition coefficient (Wildman–Crippen LogP) is 14.6. The van der Waals surface area contributed by atoms with Gasteiger partial charge in [0.2, 0.25) is 0 Å². The van der Waals surface area contributed by atoms with Crippen LogP contribution in [0.1, 0.15) is 0 Å². The fourth-order valence-corrected chi connectivity index (χ4v) is 8.50. The van der Waals surface area contributed by atoms with Crippen molar-refractivity contribution < 1.29 is 4.42 Å². The third-order valence-electron chi connectivity index (χ3n) is 11.0. The zero-order chi connectivity index (χ0) is 36.3. The average molecular weight is 703 g/mol. The largest absolute Gasteiger partial charge is 0.456 e. The van der Waals surface area contributed by atoms with Crippen molar-refractivity contribution in [2.75, 3.05) is 4.90 Å². The Morgan fingerprint density at radius 3 is 1.87 bits per heavy atom. The molecule has 0 aliphatic rings. The topological polar surface area (TPSA) is 21.3 Å². The Labute approximate surface area is 318 Å². The summed E-state index contributed by atoms with van der Waals surface area (Å²) in [5.41, 5.74) is 13.2. The molecule has 0 fully saturated rings. The van der Waals surface area contributed by atoms with E-state index in [1.165, 1.54) is 38.2 Å². The second-order valence-corrected chi connectivity index (χ2v) is 14.1. The number of nitrogens with zero attached hydrogens (tertiary/aromatic N) is 2. The van der Waals surface area contributed by atoms with E-state index >= 15 is 0 Å². The molecule has 0 atom stereocenters. The van der Waals surface area contributed by atoms with Crippen molar-refractivity contribution in [1.29, 1.82) is 0 Å². The Hall–Kier alpha value is -7.36. The molecule has 3 nitrogen and oxygen atoms in total. The van der Waals surface area contributed by atoms with Crippen molar-refractivity contribution in [3.63, 3.8) is 0 Å². The molecule has 2 heterocycles. The fraction of sp³-hybridized carbons (Fsp3) is 0. The van der Waals surface area contributed by atoms with Gasteiger partial charge in [0.15, 0.2) is 0 Å². The minimum absolute atomic E-state index is 0.906. The maximum Gasteiger partial charge on any atom is 0.136 e. The summed E-state index contributed by atoms with van der Waals surface area (Å²) in [6, 6.07) is 74.0. The van der Waals surface area contributed by atoms with Crippen LogP contribution in [0.2, 0.25) is 0 Å². The normalized spacial score (nSPS) is 11.6. The zero-order valence-electron chi connectivity index (χ0n) is 29.9. The van der Waals surface area contributed by atoms with Crippen molar-refractivity contribution in [2.45, 2.75) is 0 Å². The average Bonchev–Trinajstić information content (AvgIpc) is 3.79. The molecule has 0 aliphatic heterocycles. The first-order valence-electron chi connectivity index (χ1n) is 18.8. The van der Waals surface area contributed by atoms with Gasteiger partial charge in [-0.25, -0.2) is 0 Å². The first-order valence-corrected chi connectivity index (χ1v) is 18.8. The number of furan rings is 1. The zero-order valence-corrected chi connectivity index (χ0v) is 29.9. The quantitative estimate of drug-likeness (QED) is 0.172. The number of rotatable bonds is 6. The number of fused-ring (bicyclic) bond motifs is 7. The summed E-state index contributed by atoms with van der Waals surface area (Å²) in [5.74, 6) is 0. The van der Waals surface area contributed by atoms with Gasteiger partial charge in [-0.2, -0.15) is 0 Å². The van der Waals surface area contributed by atoms with Gasteiger partial charge in [-0.3, -0.25) is 0 Å². The van der Waals surface area contributed by atoms with Crippen molar-refractivity contribution >= 4 is 71.6 Å². The van der Waals surface area contributed by atoms with Crippen LogP contribution in [0.4, 0.5) is 17.1 Å². The van der Waals surface area contributed by atoms with E-state index in [1.807, 2.05) is 12.1 Å². The van der Waals surface area contributed by atoms with Crippen LogP contribution in [0, 0.1) is 0 Å². The van der Waals surface area contributed by atoms with Gasteiger partial charge in [0.05, 0.1) is 22.4 Å². The SMILES string of the molecule is c1ccc(-c2ccccc2N(c2ccc(-c3cccc4cc5c(cc34)oc3ccccc35)cc2)c2cccc3c4ccccc4n(-c4ccccc4)c23)cc1. The van der Waals surface area contributed by atoms with Crippen LogP contribution >= 0.6 is 0 Å². The van der Waals surface area contributed by atoms with E-state index in [9.17, 15) is 0 Å². The third kappa shape index (κ3) is 5.05. The van der Waals surface area contributed by atoms with Gasteiger partial charge in [0.25, 0.3) is 0 Å². The van der Waals surface area contributed by atoms with Crippen LogP contribution in [0.5, 0.6) is 0 Å². The Bertz CT molecular complexity index is 3190. The minimum atomic E-state index is 0.906. The molecule has 9 aromatic carbocycles. The molecule has 11 aromatic rings. The molecule has 0 radical (unpaired) electrons. The number of aromatic nitrogens is 1. The lowest BCUT2D eigenvalue weighted by molar-refractivity contribution is 0.669. The highest BCUT2D eigenvalue weighted by molar-refractivity contribution is 6.15. The smallest absolute Gasteiger partial charge is 0.136 e. The number of hydrogen-bond donors (Lipinski definition) is 0. The highest BCUT2D eigenvalue weighted by Gasteiger charge is 2.23. The van der Waals surface area contributed by atoms with Crippen molar-refractivity contribution in [3.05, 3.63) is 206 Å². The summed E-state index contributed by atoms with van der Waals surface area (Å²) >= 11 is 0. The van der Waals surface area contributed by atoms with Gasteiger partial charge in [0.1, 0.15) is 11.2 Å². The third-order valence-corrected chi connectivity index (χ3v) is 11.0. The molecule has 0 unspecified atom stereocenters. The van der Waals surface area contributed by atoms with E-state index in [0.29, 0.717) is 0 Å². The summed E-state index contributed by atoms with van der Waals surface area (Å²) in [4.78, 5) is 2.44. The van der Waals surface area contributed by atoms with Crippen molar-refractivity contribution in [1.82, 2.24) is 4.57 Å². The van der Waals surface area contributed by atoms with Gasteiger partial charge in [-0.15, -0.1) is 0 Å². The second-order valence-electron chi connectivity index (χ2n) is 14.1. The van der Waals surface area contributed by atoms with Crippen molar-refractivity contribution in [2.24, 2.45) is 0 Å². The van der Waals surface area contributed by atoms with Crippen molar-refractivity contribution in [3.8, 4) is 27.9 Å². The van der Waals surface area contributed by atoms with Gasteiger partial charge in [0, 0.05) is 38.5 Å². The molecular formula is C52H34N2O. The van der Waals surface area contributed by atoms with E-state index in [-0.39, 0.29) is 0 Å². The minimum Gasteiger partial charge on any atom is -0.456 e. The number of hydrogen-bond acceptors (Lipinski definition) is 2. The lowest BCUT2D eigenvalue weighted by atomic mass is 9.96. The number of benzene rings is 9. The maximum absolute atomic E-state index is 6.34. The molecule has 0 amide bonds. The van der Waals surface area contributed by atoms with E-state index in [0.717, 1.165) is 61.3 Å². The van der Waals surface area contributed by atoms with Crippen LogP contribution in [0.15, 0.2) is 211 Å². The number of anilines is 3. The predicted molar refractivity (Wildman–Crippen MR) is 231 cm³/mol. The summed E-state index contributed by atoms with van der Waals surface area (Å²) in [5, 5.41) is 7.09. The van der Waals surface area contributed by atoms with E-state index in [4.69, 9.17) is 4.42 Å². The summed E-state index contributed by atoms with van der Waals surface area (Å²) in [6.45, 7) is 0. The standard InChI is InChI=1S/C52H34N2O/c1-3-15-35(16-4-1)41-20-7-10-25-47(41)53(49-27-14-24-44-42-21-8-11-26-48(42)54(52(44)49)38-18-5-2-6-19-38)39-31-29-36(30-32-39)40-23-13-17-37-33-46-43-22-9-12-28-50(43)55-51(46)34-45(37)40/h1-34H. The van der Waals surface area contributed by atoms with Gasteiger partial charge < -0.3 is 13.9 Å². The Balaban J connectivity index is 1.14. The van der Waals surface area contributed by atoms with E-state index in [1.54, 1.807) is 0 Å². The summed E-state index contributed by atoms with van der Waals surface area (Å²) in [7, 11) is 0. The molecule has 55 heavy (non-hydrogen) atoms. The molecule has 0 aliphatic carbocycles.